The molecule has 0 aliphatic heterocycles. The first kappa shape index (κ1) is 13.9. The highest BCUT2D eigenvalue weighted by Crippen LogP contribution is 2.10. The molecule has 10 nitrogen and oxygen atoms in total. The highest BCUT2D eigenvalue weighted by atomic mass is 16.5. The molecule has 0 atom stereocenters. The maximum absolute atomic E-state index is 5.33. The number of anilines is 3. The third kappa shape index (κ3) is 3.51. The Kier molecular flexibility index (Phi) is 4.25. The molecule has 2 aromatic rings. The van der Waals surface area contributed by atoms with Crippen LogP contribution in [0.1, 0.15) is 11.7 Å². The minimum atomic E-state index is 0.292. The van der Waals surface area contributed by atoms with Gasteiger partial charge in [0.15, 0.2) is 5.82 Å². The van der Waals surface area contributed by atoms with Crippen molar-refractivity contribution in [2.75, 3.05) is 36.3 Å². The van der Waals surface area contributed by atoms with Gasteiger partial charge in [-0.25, -0.2) is 5.84 Å². The molecule has 10 heteroatoms. The maximum atomic E-state index is 5.33. The summed E-state index contributed by atoms with van der Waals surface area (Å²) in [6.07, 6.45) is 0.579. The van der Waals surface area contributed by atoms with Gasteiger partial charge in [0, 0.05) is 27.1 Å². The molecule has 0 fully saturated rings. The zero-order chi connectivity index (χ0) is 14.5. The molecule has 0 aliphatic rings. The number of nitrogens with two attached hydrogens (primary N) is 1. The standard InChI is InChI=1S/C10H17N9O/c1-6-13-7(20-18-6)4-5-12-8-14-9(17-11)16-10(15-8)19(2)3/h4-5,11H2,1-3H3,(H2,12,14,15,16,17). The molecule has 0 bridgehead atoms. The molecule has 0 saturated heterocycles. The number of hydrogen-bond donors (Lipinski definition) is 3. The lowest BCUT2D eigenvalue weighted by molar-refractivity contribution is 0.377. The van der Waals surface area contributed by atoms with Gasteiger partial charge in [-0.3, -0.25) is 5.43 Å². The molecule has 0 spiro atoms. The van der Waals surface area contributed by atoms with Gasteiger partial charge < -0.3 is 14.7 Å². The van der Waals surface area contributed by atoms with Crippen LogP contribution in [0.25, 0.3) is 0 Å². The van der Waals surface area contributed by atoms with Crippen LogP contribution in [0.3, 0.4) is 0 Å². The fraction of sp³-hybridized carbons (Fsp3) is 0.500. The predicted molar refractivity (Wildman–Crippen MR) is 73.2 cm³/mol. The van der Waals surface area contributed by atoms with E-state index in [4.69, 9.17) is 10.4 Å². The number of rotatable bonds is 6. The van der Waals surface area contributed by atoms with E-state index < -0.39 is 0 Å². The smallest absolute Gasteiger partial charge is 0.243 e. The minimum Gasteiger partial charge on any atom is -0.354 e. The molecule has 0 radical (unpaired) electrons. The van der Waals surface area contributed by atoms with Gasteiger partial charge >= 0.3 is 0 Å². The first-order chi connectivity index (χ1) is 9.58. The van der Waals surface area contributed by atoms with Crippen LogP contribution in [0.4, 0.5) is 17.8 Å². The van der Waals surface area contributed by atoms with Gasteiger partial charge in [-0.05, 0) is 6.92 Å². The molecule has 0 saturated carbocycles. The SMILES string of the molecule is Cc1noc(CCNc2nc(NN)nc(N(C)C)n2)n1. The first-order valence-corrected chi connectivity index (χ1v) is 6.01. The van der Waals surface area contributed by atoms with E-state index in [1.54, 1.807) is 11.8 Å². The summed E-state index contributed by atoms with van der Waals surface area (Å²) < 4.78 is 5.01. The summed E-state index contributed by atoms with van der Waals surface area (Å²) >= 11 is 0. The predicted octanol–water partition coefficient (Wildman–Crippen LogP) is -0.431. The van der Waals surface area contributed by atoms with Crippen LogP contribution < -0.4 is 21.5 Å². The number of hydrazine groups is 1. The summed E-state index contributed by atoms with van der Waals surface area (Å²) in [6, 6.07) is 0. The van der Waals surface area contributed by atoms with Crippen LogP contribution in [0.15, 0.2) is 4.52 Å². The Balaban J connectivity index is 1.99. The second kappa shape index (κ2) is 6.10. The van der Waals surface area contributed by atoms with Gasteiger partial charge in [0.25, 0.3) is 0 Å². The largest absolute Gasteiger partial charge is 0.354 e. The van der Waals surface area contributed by atoms with E-state index in [2.05, 4.69) is 35.8 Å². The van der Waals surface area contributed by atoms with Crippen molar-refractivity contribution in [1.29, 1.82) is 0 Å². The second-order valence-electron chi connectivity index (χ2n) is 4.23. The summed E-state index contributed by atoms with van der Waals surface area (Å²) in [5.74, 6) is 7.73. The van der Waals surface area contributed by atoms with Crippen LogP contribution in [-0.4, -0.2) is 45.7 Å². The molecule has 0 aromatic carbocycles. The van der Waals surface area contributed by atoms with Crippen LogP contribution in [0, 0.1) is 6.92 Å². The van der Waals surface area contributed by atoms with Crippen molar-refractivity contribution in [3.63, 3.8) is 0 Å². The van der Waals surface area contributed by atoms with Gasteiger partial charge in [0.05, 0.1) is 0 Å². The Morgan fingerprint density at radius 3 is 2.50 bits per heavy atom. The molecule has 0 amide bonds. The summed E-state index contributed by atoms with van der Waals surface area (Å²) in [4.78, 5) is 18.3. The van der Waals surface area contributed by atoms with Gasteiger partial charge in [0.2, 0.25) is 23.7 Å². The molecule has 2 heterocycles. The zero-order valence-corrected chi connectivity index (χ0v) is 11.6. The summed E-state index contributed by atoms with van der Waals surface area (Å²) in [5, 5.41) is 6.78. The topological polar surface area (TPSA) is 131 Å². The lowest BCUT2D eigenvalue weighted by Gasteiger charge is -2.12. The van der Waals surface area contributed by atoms with Crippen molar-refractivity contribution >= 4 is 17.8 Å². The number of nitrogens with zero attached hydrogens (tertiary/aromatic N) is 6. The molecule has 2 rings (SSSR count). The Morgan fingerprint density at radius 2 is 1.90 bits per heavy atom. The number of nitrogen functional groups attached to an aromatic ring is 1. The van der Waals surface area contributed by atoms with E-state index in [0.717, 1.165) is 0 Å². The zero-order valence-electron chi connectivity index (χ0n) is 11.6. The number of nitrogens with one attached hydrogen (secondary N) is 2. The van der Waals surface area contributed by atoms with Crippen molar-refractivity contribution in [2.45, 2.75) is 13.3 Å². The molecule has 2 aromatic heterocycles. The van der Waals surface area contributed by atoms with Gasteiger partial charge in [-0.2, -0.15) is 19.9 Å². The lowest BCUT2D eigenvalue weighted by atomic mass is 10.4. The highest BCUT2D eigenvalue weighted by Gasteiger charge is 2.08. The maximum Gasteiger partial charge on any atom is 0.243 e. The van der Waals surface area contributed by atoms with E-state index in [-0.39, 0.29) is 0 Å². The highest BCUT2D eigenvalue weighted by molar-refractivity contribution is 5.42. The van der Waals surface area contributed by atoms with Crippen LogP contribution in [0.2, 0.25) is 0 Å². The molecular weight excluding hydrogens is 262 g/mol. The Bertz CT molecular complexity index is 568. The van der Waals surface area contributed by atoms with Crippen molar-refractivity contribution in [2.24, 2.45) is 5.84 Å². The molecular formula is C10H17N9O. The third-order valence-electron chi connectivity index (χ3n) is 2.34. The third-order valence-corrected chi connectivity index (χ3v) is 2.34. The lowest BCUT2D eigenvalue weighted by Crippen LogP contribution is -2.19. The van der Waals surface area contributed by atoms with E-state index in [1.165, 1.54) is 0 Å². The summed E-state index contributed by atoms with van der Waals surface area (Å²) in [7, 11) is 3.67. The van der Waals surface area contributed by atoms with Gasteiger partial charge in [0.1, 0.15) is 0 Å². The molecule has 4 N–H and O–H groups in total. The Hall–Kier alpha value is -2.49. The van der Waals surface area contributed by atoms with Gasteiger partial charge in [-0.15, -0.1) is 0 Å². The monoisotopic (exact) mass is 279 g/mol. The molecule has 20 heavy (non-hydrogen) atoms. The van der Waals surface area contributed by atoms with Crippen LogP contribution in [-0.2, 0) is 6.42 Å². The number of aryl methyl sites for hydroxylation is 1. The quantitative estimate of drug-likeness (QED) is 0.472. The van der Waals surface area contributed by atoms with E-state index >= 15 is 0 Å². The molecule has 108 valence electrons. The van der Waals surface area contributed by atoms with Crippen LogP contribution >= 0.6 is 0 Å². The number of hydrogen-bond acceptors (Lipinski definition) is 10. The first-order valence-electron chi connectivity index (χ1n) is 6.01. The fourth-order valence-electron chi connectivity index (χ4n) is 1.43. The molecule has 0 unspecified atom stereocenters. The van der Waals surface area contributed by atoms with Crippen LogP contribution in [0.5, 0.6) is 0 Å². The van der Waals surface area contributed by atoms with Crippen molar-refractivity contribution in [3.8, 4) is 0 Å². The van der Waals surface area contributed by atoms with E-state index in [0.29, 0.717) is 42.5 Å². The van der Waals surface area contributed by atoms with Crippen molar-refractivity contribution < 1.29 is 4.52 Å². The fourth-order valence-corrected chi connectivity index (χ4v) is 1.43. The molecule has 0 aliphatic carbocycles. The van der Waals surface area contributed by atoms with E-state index in [1.807, 2.05) is 14.1 Å². The minimum absolute atomic E-state index is 0.292. The summed E-state index contributed by atoms with van der Waals surface area (Å²) in [6.45, 7) is 2.33. The van der Waals surface area contributed by atoms with Crippen molar-refractivity contribution in [1.82, 2.24) is 25.1 Å². The number of aromatic nitrogens is 5. The Morgan fingerprint density at radius 1 is 1.15 bits per heavy atom. The summed E-state index contributed by atoms with van der Waals surface area (Å²) in [5.41, 5.74) is 2.40. The second-order valence-corrected chi connectivity index (χ2v) is 4.23. The Labute approximate surface area is 115 Å². The average Bonchev–Trinajstić information content (AvgIpc) is 2.84. The van der Waals surface area contributed by atoms with Gasteiger partial charge in [-0.1, -0.05) is 5.16 Å². The normalized spacial score (nSPS) is 10.4. The van der Waals surface area contributed by atoms with E-state index in [9.17, 15) is 0 Å². The average molecular weight is 279 g/mol. The van der Waals surface area contributed by atoms with Crippen molar-refractivity contribution in [3.05, 3.63) is 11.7 Å².